The van der Waals surface area contributed by atoms with E-state index in [9.17, 15) is 4.39 Å². The van der Waals surface area contributed by atoms with Crippen molar-refractivity contribution in [1.29, 1.82) is 0 Å². The first kappa shape index (κ1) is 9.42. The van der Waals surface area contributed by atoms with E-state index in [1.54, 1.807) is 6.92 Å². The molecule has 0 aliphatic heterocycles. The molecule has 0 amide bonds. The lowest BCUT2D eigenvalue weighted by Crippen LogP contribution is -2.12. The smallest absolute Gasteiger partial charge is 0.136 e. The summed E-state index contributed by atoms with van der Waals surface area (Å²) in [5.74, 6) is -0.396. The van der Waals surface area contributed by atoms with Crippen molar-refractivity contribution in [3.8, 4) is 0 Å². The van der Waals surface area contributed by atoms with Gasteiger partial charge in [-0.05, 0) is 24.6 Å². The number of hydrogen-bond acceptors (Lipinski definition) is 1. The van der Waals surface area contributed by atoms with Gasteiger partial charge in [0.05, 0.1) is 0 Å². The number of halogens is 2. The van der Waals surface area contributed by atoms with Crippen LogP contribution in [0.1, 0.15) is 11.1 Å². The Morgan fingerprint density at radius 1 is 1.58 bits per heavy atom. The van der Waals surface area contributed by atoms with Crippen LogP contribution in [0.2, 0.25) is 5.02 Å². The van der Waals surface area contributed by atoms with Crippen LogP contribution in [0.3, 0.4) is 0 Å². The van der Waals surface area contributed by atoms with E-state index < -0.39 is 5.82 Å². The molecule has 0 aliphatic rings. The van der Waals surface area contributed by atoms with Crippen LogP contribution in [-0.4, -0.2) is 4.99 Å². The maximum Gasteiger partial charge on any atom is 0.136 e. The highest BCUT2D eigenvalue weighted by atomic mass is 35.5. The molecular formula is C8H7ClFNS. The number of aryl methyl sites for hydroxylation is 1. The zero-order chi connectivity index (χ0) is 9.30. The molecule has 0 spiro atoms. The van der Waals surface area contributed by atoms with E-state index in [0.29, 0.717) is 10.6 Å². The Balaban J connectivity index is 3.37. The van der Waals surface area contributed by atoms with Crippen LogP contribution in [0, 0.1) is 12.7 Å². The second-order valence-corrected chi connectivity index (χ2v) is 3.32. The van der Waals surface area contributed by atoms with Crippen LogP contribution in [0.4, 0.5) is 4.39 Å². The van der Waals surface area contributed by atoms with E-state index in [4.69, 9.17) is 17.3 Å². The van der Waals surface area contributed by atoms with Gasteiger partial charge in [-0.3, -0.25) is 0 Å². The molecule has 0 bridgehead atoms. The lowest BCUT2D eigenvalue weighted by molar-refractivity contribution is 0.616. The van der Waals surface area contributed by atoms with E-state index in [-0.39, 0.29) is 10.6 Å². The Hall–Kier alpha value is -0.670. The van der Waals surface area contributed by atoms with E-state index in [1.165, 1.54) is 12.1 Å². The lowest BCUT2D eigenvalue weighted by atomic mass is 10.1. The first-order valence-corrected chi connectivity index (χ1v) is 4.06. The van der Waals surface area contributed by atoms with Crippen LogP contribution < -0.4 is 5.73 Å². The standard InChI is InChI=1S/C8H7ClFNS/c1-4-2-5(9)3-6(7(4)10)8(11)12/h2-3H,1H3,(H2,11,12). The molecule has 0 aromatic heterocycles. The molecule has 0 radical (unpaired) electrons. The molecule has 0 heterocycles. The lowest BCUT2D eigenvalue weighted by Gasteiger charge is -2.03. The molecule has 64 valence electrons. The fourth-order valence-corrected chi connectivity index (χ4v) is 1.33. The van der Waals surface area contributed by atoms with Gasteiger partial charge in [-0.15, -0.1) is 0 Å². The minimum atomic E-state index is -0.396. The number of thiocarbonyl (C=S) groups is 1. The Kier molecular flexibility index (Phi) is 2.65. The van der Waals surface area contributed by atoms with Crippen molar-refractivity contribution in [2.75, 3.05) is 0 Å². The Labute approximate surface area is 80.3 Å². The zero-order valence-electron chi connectivity index (χ0n) is 6.40. The van der Waals surface area contributed by atoms with Gasteiger partial charge in [0, 0.05) is 10.6 Å². The first-order valence-electron chi connectivity index (χ1n) is 3.28. The fourth-order valence-electron chi connectivity index (χ4n) is 0.905. The highest BCUT2D eigenvalue weighted by Gasteiger charge is 2.08. The summed E-state index contributed by atoms with van der Waals surface area (Å²) < 4.78 is 13.2. The maximum atomic E-state index is 13.2. The predicted molar refractivity (Wildman–Crippen MR) is 52.0 cm³/mol. The molecule has 0 saturated carbocycles. The van der Waals surface area contributed by atoms with Gasteiger partial charge in [0.25, 0.3) is 0 Å². The molecule has 0 saturated heterocycles. The minimum Gasteiger partial charge on any atom is -0.389 e. The van der Waals surface area contributed by atoms with Crippen molar-refractivity contribution in [3.63, 3.8) is 0 Å². The van der Waals surface area contributed by atoms with Crippen molar-refractivity contribution in [2.24, 2.45) is 5.73 Å². The molecular weight excluding hydrogens is 197 g/mol. The zero-order valence-corrected chi connectivity index (χ0v) is 7.97. The maximum absolute atomic E-state index is 13.2. The molecule has 0 aliphatic carbocycles. The number of nitrogens with two attached hydrogens (primary N) is 1. The van der Waals surface area contributed by atoms with Gasteiger partial charge < -0.3 is 5.73 Å². The summed E-state index contributed by atoms with van der Waals surface area (Å²) in [4.78, 5) is 0.0260. The summed E-state index contributed by atoms with van der Waals surface area (Å²) in [6.07, 6.45) is 0. The third-order valence-corrected chi connectivity index (χ3v) is 1.92. The highest BCUT2D eigenvalue weighted by molar-refractivity contribution is 7.80. The summed E-state index contributed by atoms with van der Waals surface area (Å²) >= 11 is 10.3. The molecule has 1 nitrogen and oxygen atoms in total. The Morgan fingerprint density at radius 2 is 2.17 bits per heavy atom. The largest absolute Gasteiger partial charge is 0.389 e. The average molecular weight is 204 g/mol. The van der Waals surface area contributed by atoms with Crippen molar-refractivity contribution in [1.82, 2.24) is 0 Å². The van der Waals surface area contributed by atoms with Crippen LogP contribution >= 0.6 is 23.8 Å². The SMILES string of the molecule is Cc1cc(Cl)cc(C(N)=S)c1F. The molecule has 1 aromatic rings. The van der Waals surface area contributed by atoms with E-state index in [1.807, 2.05) is 0 Å². The molecule has 0 atom stereocenters. The molecule has 0 fully saturated rings. The minimum absolute atomic E-state index is 0.0260. The summed E-state index contributed by atoms with van der Waals surface area (Å²) in [5, 5.41) is 0.441. The molecule has 0 unspecified atom stereocenters. The fraction of sp³-hybridized carbons (Fsp3) is 0.125. The van der Waals surface area contributed by atoms with Gasteiger partial charge in [0.15, 0.2) is 0 Å². The van der Waals surface area contributed by atoms with E-state index in [2.05, 4.69) is 12.2 Å². The van der Waals surface area contributed by atoms with Crippen LogP contribution in [0.25, 0.3) is 0 Å². The van der Waals surface area contributed by atoms with Crippen molar-refractivity contribution >= 4 is 28.8 Å². The van der Waals surface area contributed by atoms with Crippen LogP contribution in [0.5, 0.6) is 0 Å². The van der Waals surface area contributed by atoms with Gasteiger partial charge in [-0.2, -0.15) is 0 Å². The van der Waals surface area contributed by atoms with Crippen LogP contribution in [-0.2, 0) is 0 Å². The molecule has 4 heteroatoms. The second-order valence-electron chi connectivity index (χ2n) is 2.45. The summed E-state index contributed by atoms with van der Waals surface area (Å²) in [7, 11) is 0. The normalized spacial score (nSPS) is 9.92. The second kappa shape index (κ2) is 3.37. The molecule has 1 rings (SSSR count). The summed E-state index contributed by atoms with van der Waals surface area (Å²) in [5.41, 5.74) is 5.94. The van der Waals surface area contributed by atoms with E-state index in [0.717, 1.165) is 0 Å². The van der Waals surface area contributed by atoms with Crippen molar-refractivity contribution < 1.29 is 4.39 Å². The van der Waals surface area contributed by atoms with Gasteiger partial charge >= 0.3 is 0 Å². The Morgan fingerprint density at radius 3 is 2.67 bits per heavy atom. The quantitative estimate of drug-likeness (QED) is 0.710. The number of benzene rings is 1. The van der Waals surface area contributed by atoms with Crippen LogP contribution in [0.15, 0.2) is 12.1 Å². The predicted octanol–water partition coefficient (Wildman–Crippen LogP) is 2.42. The van der Waals surface area contributed by atoms with Gasteiger partial charge in [-0.1, -0.05) is 23.8 Å². The highest BCUT2D eigenvalue weighted by Crippen LogP contribution is 2.18. The summed E-state index contributed by atoms with van der Waals surface area (Å²) in [6.45, 7) is 1.61. The molecule has 2 N–H and O–H groups in total. The van der Waals surface area contributed by atoms with Gasteiger partial charge in [0.1, 0.15) is 10.8 Å². The third-order valence-electron chi connectivity index (χ3n) is 1.48. The van der Waals surface area contributed by atoms with Gasteiger partial charge in [-0.25, -0.2) is 4.39 Å². The third kappa shape index (κ3) is 1.73. The molecule has 1 aromatic carbocycles. The molecule has 12 heavy (non-hydrogen) atoms. The number of rotatable bonds is 1. The van der Waals surface area contributed by atoms with Gasteiger partial charge in [0.2, 0.25) is 0 Å². The summed E-state index contributed by atoms with van der Waals surface area (Å²) in [6, 6.07) is 2.95. The van der Waals surface area contributed by atoms with E-state index >= 15 is 0 Å². The van der Waals surface area contributed by atoms with Crippen molar-refractivity contribution in [2.45, 2.75) is 6.92 Å². The monoisotopic (exact) mass is 203 g/mol. The number of hydrogen-bond donors (Lipinski definition) is 1. The Bertz CT molecular complexity index is 338. The van der Waals surface area contributed by atoms with Crippen molar-refractivity contribution in [3.05, 3.63) is 34.1 Å². The average Bonchev–Trinajstić information content (AvgIpc) is 1.96. The topological polar surface area (TPSA) is 26.0 Å². The first-order chi connectivity index (χ1) is 5.52.